The molecule has 0 aromatic heterocycles. The molecule has 0 spiro atoms. The van der Waals surface area contributed by atoms with Crippen LogP contribution >= 0.6 is 0 Å². The van der Waals surface area contributed by atoms with Crippen LogP contribution in [0, 0.1) is 0 Å². The van der Waals surface area contributed by atoms with Crippen LogP contribution < -0.4 is 15.4 Å². The van der Waals surface area contributed by atoms with E-state index in [1.165, 1.54) is 0 Å². The molecule has 2 aromatic rings. The maximum Gasteiger partial charge on any atom is 0.341 e. The van der Waals surface area contributed by atoms with Crippen LogP contribution in [-0.2, 0) is 4.79 Å². The van der Waals surface area contributed by atoms with Crippen LogP contribution in [0.15, 0.2) is 48.5 Å². The Morgan fingerprint density at radius 1 is 0.857 bits per heavy atom. The summed E-state index contributed by atoms with van der Waals surface area (Å²) in [5, 5.41) is 14.3. The van der Waals surface area contributed by atoms with Crippen LogP contribution in [0.5, 0.6) is 5.75 Å². The Morgan fingerprint density at radius 3 is 1.82 bits per heavy atom. The van der Waals surface area contributed by atoms with E-state index in [4.69, 9.17) is 9.84 Å². The summed E-state index contributed by atoms with van der Waals surface area (Å²) in [6.07, 6.45) is 0. The zero-order valence-electron chi connectivity index (χ0n) is 16.1. The number of carbonyl (C=O) groups excluding carboxylic acids is 2. The molecular formula is C21H24N2O5. The van der Waals surface area contributed by atoms with Crippen molar-refractivity contribution in [3.8, 4) is 5.75 Å². The largest absolute Gasteiger partial charge is 0.482 e. The first-order chi connectivity index (χ1) is 13.3. The second kappa shape index (κ2) is 9.55. The Balaban J connectivity index is 1.96. The fourth-order valence-electron chi connectivity index (χ4n) is 2.48. The molecule has 0 bridgehead atoms. The molecule has 0 fully saturated rings. The topological polar surface area (TPSA) is 105 Å². The van der Waals surface area contributed by atoms with E-state index >= 15 is 0 Å². The van der Waals surface area contributed by atoms with Crippen LogP contribution in [-0.4, -0.2) is 35.5 Å². The highest BCUT2D eigenvalue weighted by molar-refractivity contribution is 5.98. The number of rotatable bonds is 8. The summed E-state index contributed by atoms with van der Waals surface area (Å²) < 4.78 is 5.09. The maximum absolute atomic E-state index is 12.4. The minimum absolute atomic E-state index is 0.0391. The molecule has 0 saturated carbocycles. The molecule has 0 radical (unpaired) electrons. The first kappa shape index (κ1) is 21.0. The van der Waals surface area contributed by atoms with Crippen molar-refractivity contribution < 1.29 is 24.2 Å². The maximum atomic E-state index is 12.4. The molecule has 0 aliphatic carbocycles. The van der Waals surface area contributed by atoms with Crippen LogP contribution in [0.3, 0.4) is 0 Å². The molecule has 7 nitrogen and oxygen atoms in total. The van der Waals surface area contributed by atoms with Gasteiger partial charge in [-0.2, -0.15) is 0 Å². The van der Waals surface area contributed by atoms with Crippen molar-refractivity contribution in [2.75, 3.05) is 6.61 Å². The van der Waals surface area contributed by atoms with E-state index < -0.39 is 12.6 Å². The fourth-order valence-corrected chi connectivity index (χ4v) is 2.48. The Kier molecular flexibility index (Phi) is 7.14. The van der Waals surface area contributed by atoms with Gasteiger partial charge in [-0.15, -0.1) is 0 Å². The summed E-state index contributed by atoms with van der Waals surface area (Å²) in [4.78, 5) is 34.9. The first-order valence-corrected chi connectivity index (χ1v) is 8.92. The van der Waals surface area contributed by atoms with Gasteiger partial charge in [0.2, 0.25) is 0 Å². The highest BCUT2D eigenvalue weighted by Crippen LogP contribution is 2.18. The molecule has 7 heteroatoms. The van der Waals surface area contributed by atoms with Crippen LogP contribution in [0.25, 0.3) is 0 Å². The van der Waals surface area contributed by atoms with Gasteiger partial charge in [0.1, 0.15) is 5.75 Å². The van der Waals surface area contributed by atoms with Crippen molar-refractivity contribution in [2.45, 2.75) is 32.9 Å². The third kappa shape index (κ3) is 6.12. The van der Waals surface area contributed by atoms with Gasteiger partial charge in [0.05, 0.1) is 6.04 Å². The average molecular weight is 384 g/mol. The normalized spacial score (nSPS) is 11.6. The van der Waals surface area contributed by atoms with Crippen molar-refractivity contribution in [3.63, 3.8) is 0 Å². The van der Waals surface area contributed by atoms with E-state index in [0.717, 1.165) is 5.56 Å². The van der Waals surface area contributed by atoms with Crippen LogP contribution in [0.2, 0.25) is 0 Å². The van der Waals surface area contributed by atoms with Gasteiger partial charge in [-0.25, -0.2) is 4.79 Å². The molecule has 148 valence electrons. The van der Waals surface area contributed by atoms with Gasteiger partial charge < -0.3 is 20.5 Å². The Hall–Kier alpha value is -3.35. The quantitative estimate of drug-likeness (QED) is 0.649. The number of amides is 2. The summed E-state index contributed by atoms with van der Waals surface area (Å²) in [5.74, 6) is -1.03. The second-order valence-electron chi connectivity index (χ2n) is 6.65. The summed E-state index contributed by atoms with van der Waals surface area (Å²) in [6, 6.07) is 13.1. The average Bonchev–Trinajstić information content (AvgIpc) is 2.66. The molecule has 0 aliphatic heterocycles. The van der Waals surface area contributed by atoms with Crippen molar-refractivity contribution in [2.24, 2.45) is 0 Å². The predicted molar refractivity (Wildman–Crippen MR) is 104 cm³/mol. The van der Waals surface area contributed by atoms with Crippen LogP contribution in [0.1, 0.15) is 53.1 Å². The van der Waals surface area contributed by atoms with Crippen LogP contribution in [0.4, 0.5) is 0 Å². The molecule has 1 atom stereocenters. The number of carboxylic acid groups (broad SMARTS) is 1. The van der Waals surface area contributed by atoms with E-state index in [-0.39, 0.29) is 23.9 Å². The first-order valence-electron chi connectivity index (χ1n) is 8.92. The highest BCUT2D eigenvalue weighted by Gasteiger charge is 2.13. The van der Waals surface area contributed by atoms with Gasteiger partial charge in [0.25, 0.3) is 11.8 Å². The summed E-state index contributed by atoms with van der Waals surface area (Å²) in [7, 11) is 0. The molecule has 0 saturated heterocycles. The number of ether oxygens (including phenoxy) is 1. The lowest BCUT2D eigenvalue weighted by Crippen LogP contribution is -2.30. The lowest BCUT2D eigenvalue weighted by Gasteiger charge is -2.15. The molecule has 1 unspecified atom stereocenters. The number of aliphatic carboxylic acids is 1. The summed E-state index contributed by atoms with van der Waals surface area (Å²) in [6.45, 7) is 5.20. The molecule has 2 aromatic carbocycles. The van der Waals surface area contributed by atoms with E-state index in [1.807, 2.05) is 20.8 Å². The van der Waals surface area contributed by atoms with Crippen molar-refractivity contribution in [1.29, 1.82) is 0 Å². The highest BCUT2D eigenvalue weighted by atomic mass is 16.5. The predicted octanol–water partition coefficient (Wildman–Crippen LogP) is 2.78. The van der Waals surface area contributed by atoms with Gasteiger partial charge in [0.15, 0.2) is 6.61 Å². The molecular weight excluding hydrogens is 360 g/mol. The molecule has 0 heterocycles. The standard InChI is InChI=1S/C21H24N2O5/c1-13(2)22-20(26)16-4-6-17(7-5-16)21(27)23-14(3)15-8-10-18(11-9-15)28-12-19(24)25/h4-11,13-14H,12H2,1-3H3,(H,22,26)(H,23,27)(H,24,25). The minimum atomic E-state index is -1.04. The van der Waals surface area contributed by atoms with Crippen molar-refractivity contribution >= 4 is 17.8 Å². The zero-order valence-corrected chi connectivity index (χ0v) is 16.1. The minimum Gasteiger partial charge on any atom is -0.482 e. The monoisotopic (exact) mass is 384 g/mol. The van der Waals surface area contributed by atoms with Gasteiger partial charge in [0, 0.05) is 17.2 Å². The fraction of sp³-hybridized carbons (Fsp3) is 0.286. The van der Waals surface area contributed by atoms with Gasteiger partial charge in [-0.1, -0.05) is 12.1 Å². The second-order valence-corrected chi connectivity index (χ2v) is 6.65. The van der Waals surface area contributed by atoms with Gasteiger partial charge in [-0.3, -0.25) is 9.59 Å². The molecule has 3 N–H and O–H groups in total. The van der Waals surface area contributed by atoms with E-state index in [9.17, 15) is 14.4 Å². The lowest BCUT2D eigenvalue weighted by atomic mass is 10.1. The lowest BCUT2D eigenvalue weighted by molar-refractivity contribution is -0.139. The zero-order chi connectivity index (χ0) is 20.7. The smallest absolute Gasteiger partial charge is 0.341 e. The van der Waals surface area contributed by atoms with E-state index in [2.05, 4.69) is 10.6 Å². The molecule has 0 aliphatic rings. The molecule has 2 amide bonds. The number of hydrogen-bond donors (Lipinski definition) is 3. The van der Waals surface area contributed by atoms with E-state index in [1.54, 1.807) is 48.5 Å². The van der Waals surface area contributed by atoms with Crippen molar-refractivity contribution in [1.82, 2.24) is 10.6 Å². The summed E-state index contributed by atoms with van der Waals surface area (Å²) >= 11 is 0. The Morgan fingerprint density at radius 2 is 1.36 bits per heavy atom. The number of benzene rings is 2. The molecule has 28 heavy (non-hydrogen) atoms. The number of nitrogens with one attached hydrogen (secondary N) is 2. The SMILES string of the molecule is CC(C)NC(=O)c1ccc(C(=O)NC(C)c2ccc(OCC(=O)O)cc2)cc1. The van der Waals surface area contributed by atoms with Crippen molar-refractivity contribution in [3.05, 3.63) is 65.2 Å². The number of carboxylic acids is 1. The summed E-state index contributed by atoms with van der Waals surface area (Å²) in [5.41, 5.74) is 1.80. The number of hydrogen-bond acceptors (Lipinski definition) is 4. The van der Waals surface area contributed by atoms with Gasteiger partial charge >= 0.3 is 5.97 Å². The van der Waals surface area contributed by atoms with Gasteiger partial charge in [-0.05, 0) is 62.7 Å². The Bertz CT molecular complexity index is 829. The molecule has 2 rings (SSSR count). The third-order valence-electron chi connectivity index (χ3n) is 3.92. The van der Waals surface area contributed by atoms with E-state index in [0.29, 0.717) is 16.9 Å². The third-order valence-corrected chi connectivity index (χ3v) is 3.92. The number of carbonyl (C=O) groups is 3. The Labute approximate surface area is 163 Å².